The zero-order chi connectivity index (χ0) is 19.9. The minimum Gasteiger partial charge on any atom is -0.320 e. The van der Waals surface area contributed by atoms with Crippen LogP contribution in [0.25, 0.3) is 11.0 Å². The summed E-state index contributed by atoms with van der Waals surface area (Å²) < 4.78 is 1.85. The SMILES string of the molecule is Cc1cc(C)c(NC(=O)c2cc(C(C)C)nc3c2cnn3C(C)C)c(Cl)c1. The van der Waals surface area contributed by atoms with Gasteiger partial charge < -0.3 is 5.32 Å². The van der Waals surface area contributed by atoms with Gasteiger partial charge in [0.1, 0.15) is 0 Å². The number of pyridine rings is 1. The fourth-order valence-electron chi connectivity index (χ4n) is 3.15. The minimum absolute atomic E-state index is 0.155. The second-order valence-electron chi connectivity index (χ2n) is 7.56. The van der Waals surface area contributed by atoms with E-state index >= 15 is 0 Å². The Hall–Kier alpha value is -2.40. The third kappa shape index (κ3) is 3.69. The molecule has 1 amide bonds. The molecule has 1 aromatic carbocycles. The zero-order valence-corrected chi connectivity index (χ0v) is 17.3. The molecule has 2 heterocycles. The maximum Gasteiger partial charge on any atom is 0.256 e. The highest BCUT2D eigenvalue weighted by Crippen LogP contribution is 2.29. The number of nitrogens with one attached hydrogen (secondary N) is 1. The Morgan fingerprint density at radius 3 is 2.44 bits per heavy atom. The number of aromatic nitrogens is 3. The van der Waals surface area contributed by atoms with Gasteiger partial charge in [-0.1, -0.05) is 31.5 Å². The van der Waals surface area contributed by atoms with E-state index < -0.39 is 0 Å². The highest BCUT2D eigenvalue weighted by Gasteiger charge is 2.20. The molecule has 0 saturated heterocycles. The fraction of sp³-hybridized carbons (Fsp3) is 0.381. The summed E-state index contributed by atoms with van der Waals surface area (Å²) in [7, 11) is 0. The van der Waals surface area contributed by atoms with E-state index in [0.717, 1.165) is 27.9 Å². The van der Waals surface area contributed by atoms with Crippen LogP contribution in [0.1, 0.15) is 66.8 Å². The first-order chi connectivity index (χ1) is 12.7. The van der Waals surface area contributed by atoms with Crippen LogP contribution in [-0.4, -0.2) is 20.7 Å². The summed E-state index contributed by atoms with van der Waals surface area (Å²) in [5.74, 6) is -0.0115. The van der Waals surface area contributed by atoms with Gasteiger partial charge in [-0.3, -0.25) is 4.79 Å². The number of halogens is 1. The van der Waals surface area contributed by atoms with Crippen LogP contribution in [0.15, 0.2) is 24.4 Å². The van der Waals surface area contributed by atoms with Gasteiger partial charge in [-0.2, -0.15) is 5.10 Å². The lowest BCUT2D eigenvalue weighted by molar-refractivity contribution is 0.102. The molecule has 0 radical (unpaired) electrons. The summed E-state index contributed by atoms with van der Waals surface area (Å²) in [5.41, 5.74) is 4.78. The lowest BCUT2D eigenvalue weighted by Gasteiger charge is -2.14. The number of fused-ring (bicyclic) bond motifs is 1. The van der Waals surface area contributed by atoms with E-state index in [1.165, 1.54) is 0 Å². The van der Waals surface area contributed by atoms with Gasteiger partial charge in [0.2, 0.25) is 0 Å². The van der Waals surface area contributed by atoms with Crippen molar-refractivity contribution in [3.8, 4) is 0 Å². The molecule has 3 aromatic rings. The smallest absolute Gasteiger partial charge is 0.256 e. The minimum atomic E-state index is -0.207. The van der Waals surface area contributed by atoms with Crippen molar-refractivity contribution in [2.45, 2.75) is 53.5 Å². The molecule has 0 bridgehead atoms. The van der Waals surface area contributed by atoms with Crippen LogP contribution >= 0.6 is 11.6 Å². The molecule has 0 aliphatic rings. The van der Waals surface area contributed by atoms with Crippen molar-refractivity contribution < 1.29 is 4.79 Å². The van der Waals surface area contributed by atoms with Crippen molar-refractivity contribution in [2.24, 2.45) is 0 Å². The number of hydrogen-bond acceptors (Lipinski definition) is 3. The van der Waals surface area contributed by atoms with Gasteiger partial charge in [0.15, 0.2) is 5.65 Å². The van der Waals surface area contributed by atoms with Gasteiger partial charge in [0, 0.05) is 11.7 Å². The largest absolute Gasteiger partial charge is 0.320 e. The Balaban J connectivity index is 2.12. The lowest BCUT2D eigenvalue weighted by Crippen LogP contribution is -2.15. The molecule has 0 atom stereocenters. The number of carbonyl (C=O) groups is 1. The molecule has 27 heavy (non-hydrogen) atoms. The van der Waals surface area contributed by atoms with E-state index in [0.29, 0.717) is 16.3 Å². The van der Waals surface area contributed by atoms with Crippen molar-refractivity contribution in [3.05, 3.63) is 51.8 Å². The first kappa shape index (κ1) is 19.4. The highest BCUT2D eigenvalue weighted by atomic mass is 35.5. The van der Waals surface area contributed by atoms with Crippen molar-refractivity contribution in [1.82, 2.24) is 14.8 Å². The predicted molar refractivity (Wildman–Crippen MR) is 111 cm³/mol. The molecule has 0 aliphatic carbocycles. The first-order valence-electron chi connectivity index (χ1n) is 9.15. The summed E-state index contributed by atoms with van der Waals surface area (Å²) >= 11 is 6.37. The van der Waals surface area contributed by atoms with Gasteiger partial charge in [-0.25, -0.2) is 9.67 Å². The van der Waals surface area contributed by atoms with Crippen molar-refractivity contribution in [1.29, 1.82) is 0 Å². The topological polar surface area (TPSA) is 59.8 Å². The molecule has 6 heteroatoms. The van der Waals surface area contributed by atoms with Crippen LogP contribution in [0.5, 0.6) is 0 Å². The molecule has 142 valence electrons. The number of nitrogens with zero attached hydrogens (tertiary/aromatic N) is 3. The number of benzene rings is 1. The van der Waals surface area contributed by atoms with E-state index in [9.17, 15) is 4.79 Å². The third-order valence-corrected chi connectivity index (χ3v) is 4.88. The average Bonchev–Trinajstić information content (AvgIpc) is 3.01. The molecular weight excluding hydrogens is 360 g/mol. The second-order valence-corrected chi connectivity index (χ2v) is 7.97. The van der Waals surface area contributed by atoms with Crippen molar-refractivity contribution in [3.63, 3.8) is 0 Å². The number of aryl methyl sites for hydroxylation is 2. The van der Waals surface area contributed by atoms with Gasteiger partial charge in [0.05, 0.1) is 27.9 Å². The molecule has 5 nitrogen and oxygen atoms in total. The Morgan fingerprint density at radius 2 is 1.85 bits per heavy atom. The quantitative estimate of drug-likeness (QED) is 0.631. The molecule has 3 rings (SSSR count). The highest BCUT2D eigenvalue weighted by molar-refractivity contribution is 6.34. The molecule has 0 fully saturated rings. The van der Waals surface area contributed by atoms with Crippen molar-refractivity contribution in [2.75, 3.05) is 5.32 Å². The van der Waals surface area contributed by atoms with E-state index in [4.69, 9.17) is 16.6 Å². The monoisotopic (exact) mass is 384 g/mol. The molecule has 0 unspecified atom stereocenters. The van der Waals surface area contributed by atoms with Crippen LogP contribution < -0.4 is 5.32 Å². The summed E-state index contributed by atoms with van der Waals surface area (Å²) in [4.78, 5) is 17.9. The summed E-state index contributed by atoms with van der Waals surface area (Å²) in [5, 5.41) is 8.70. The van der Waals surface area contributed by atoms with Crippen LogP contribution in [-0.2, 0) is 0 Å². The maximum atomic E-state index is 13.1. The van der Waals surface area contributed by atoms with Crippen molar-refractivity contribution >= 4 is 34.2 Å². The summed E-state index contributed by atoms with van der Waals surface area (Å²) in [6.07, 6.45) is 1.71. The molecule has 0 spiro atoms. The van der Waals surface area contributed by atoms with Gasteiger partial charge in [0.25, 0.3) is 5.91 Å². The average molecular weight is 385 g/mol. The lowest BCUT2D eigenvalue weighted by atomic mass is 10.0. The number of hydrogen-bond donors (Lipinski definition) is 1. The third-order valence-electron chi connectivity index (χ3n) is 4.58. The molecule has 0 saturated carbocycles. The summed E-state index contributed by atoms with van der Waals surface area (Å²) in [6.45, 7) is 12.1. The molecular formula is C21H25ClN4O. The number of anilines is 1. The van der Waals surface area contributed by atoms with E-state index in [-0.39, 0.29) is 17.9 Å². The number of carbonyl (C=O) groups excluding carboxylic acids is 1. The Labute approximate surface area is 164 Å². The predicted octanol–water partition coefficient (Wildman–Crippen LogP) is 5.66. The summed E-state index contributed by atoms with van der Waals surface area (Å²) in [6, 6.07) is 5.86. The molecule has 1 N–H and O–H groups in total. The van der Waals surface area contributed by atoms with Crippen LogP contribution in [0, 0.1) is 13.8 Å². The van der Waals surface area contributed by atoms with E-state index in [2.05, 4.69) is 24.3 Å². The van der Waals surface area contributed by atoms with Crippen LogP contribution in [0.3, 0.4) is 0 Å². The second kappa shape index (κ2) is 7.31. The number of rotatable bonds is 4. The van der Waals surface area contributed by atoms with E-state index in [1.807, 2.05) is 50.6 Å². The van der Waals surface area contributed by atoms with E-state index in [1.54, 1.807) is 6.20 Å². The fourth-order valence-corrected chi connectivity index (χ4v) is 3.52. The Morgan fingerprint density at radius 1 is 1.15 bits per heavy atom. The standard InChI is InChI=1S/C21H25ClN4O/c1-11(2)18-9-15(16-10-23-26(12(3)4)20(16)24-18)21(27)25-19-14(6)7-13(5)8-17(19)22/h7-12H,1-6H3,(H,25,27). The molecule has 2 aromatic heterocycles. The van der Waals surface area contributed by atoms with Gasteiger partial charge in [-0.05, 0) is 56.9 Å². The Bertz CT molecular complexity index is 997. The van der Waals surface area contributed by atoms with Gasteiger partial charge >= 0.3 is 0 Å². The Kier molecular flexibility index (Phi) is 5.24. The normalized spacial score (nSPS) is 11.6. The van der Waals surface area contributed by atoms with Crippen LogP contribution in [0.4, 0.5) is 5.69 Å². The number of amides is 1. The first-order valence-corrected chi connectivity index (χ1v) is 9.53. The van der Waals surface area contributed by atoms with Crippen LogP contribution in [0.2, 0.25) is 5.02 Å². The maximum absolute atomic E-state index is 13.1. The molecule has 0 aliphatic heterocycles. The zero-order valence-electron chi connectivity index (χ0n) is 16.6. The van der Waals surface area contributed by atoms with Gasteiger partial charge in [-0.15, -0.1) is 0 Å².